The molecule has 0 radical (unpaired) electrons. The molecule has 0 aromatic heterocycles. The summed E-state index contributed by atoms with van der Waals surface area (Å²) < 4.78 is 0. The summed E-state index contributed by atoms with van der Waals surface area (Å²) in [5, 5.41) is 6.06. The van der Waals surface area contributed by atoms with E-state index in [1.54, 1.807) is 7.05 Å². The first kappa shape index (κ1) is 10.4. The van der Waals surface area contributed by atoms with Crippen LogP contribution < -0.4 is 10.6 Å². The Bertz CT molecular complexity index is 274. The lowest BCUT2D eigenvalue weighted by Gasteiger charge is -2.36. The third-order valence-electron chi connectivity index (χ3n) is 3.19. The van der Waals surface area contributed by atoms with Crippen molar-refractivity contribution >= 4 is 11.8 Å². The van der Waals surface area contributed by atoms with E-state index in [1.807, 2.05) is 0 Å². The van der Waals surface area contributed by atoms with Crippen LogP contribution in [0.4, 0.5) is 0 Å². The molecule has 2 aliphatic heterocycles. The van der Waals surface area contributed by atoms with Crippen molar-refractivity contribution in [3.63, 3.8) is 0 Å². The molecule has 0 aromatic rings. The van der Waals surface area contributed by atoms with E-state index in [0.29, 0.717) is 5.92 Å². The van der Waals surface area contributed by atoms with Crippen molar-refractivity contribution in [3.8, 4) is 0 Å². The van der Waals surface area contributed by atoms with Crippen LogP contribution in [-0.4, -0.2) is 49.4 Å². The molecule has 2 N–H and O–H groups in total. The van der Waals surface area contributed by atoms with Gasteiger partial charge in [0.15, 0.2) is 0 Å². The molecule has 2 rings (SSSR count). The van der Waals surface area contributed by atoms with Crippen LogP contribution in [-0.2, 0) is 9.59 Å². The van der Waals surface area contributed by atoms with Crippen molar-refractivity contribution in [2.24, 2.45) is 5.92 Å². The van der Waals surface area contributed by atoms with Crippen molar-refractivity contribution in [1.82, 2.24) is 15.5 Å². The predicted octanol–water partition coefficient (Wildman–Crippen LogP) is -1.06. The van der Waals surface area contributed by atoms with Crippen LogP contribution in [0.25, 0.3) is 0 Å². The summed E-state index contributed by atoms with van der Waals surface area (Å²) in [6.45, 7) is 2.07. The Morgan fingerprint density at radius 2 is 1.93 bits per heavy atom. The van der Waals surface area contributed by atoms with E-state index >= 15 is 0 Å². The molecular formula is C10H17N3O2. The Morgan fingerprint density at radius 1 is 1.27 bits per heavy atom. The van der Waals surface area contributed by atoms with E-state index in [9.17, 15) is 9.59 Å². The maximum absolute atomic E-state index is 11.9. The molecule has 0 bridgehead atoms. The summed E-state index contributed by atoms with van der Waals surface area (Å²) in [6.07, 6.45) is 1.93. The average Bonchev–Trinajstić information content (AvgIpc) is 2.24. The topological polar surface area (TPSA) is 61.4 Å². The van der Waals surface area contributed by atoms with Crippen LogP contribution in [0.3, 0.4) is 0 Å². The molecule has 1 atom stereocenters. The summed E-state index contributed by atoms with van der Waals surface area (Å²) in [6, 6.07) is -0.293. The van der Waals surface area contributed by atoms with Gasteiger partial charge in [-0.3, -0.25) is 9.59 Å². The van der Waals surface area contributed by atoms with Crippen LogP contribution in [0.2, 0.25) is 0 Å². The van der Waals surface area contributed by atoms with Gasteiger partial charge in [-0.2, -0.15) is 0 Å². The first-order chi connectivity index (χ1) is 7.18. The van der Waals surface area contributed by atoms with Gasteiger partial charge < -0.3 is 15.5 Å². The normalized spacial score (nSPS) is 29.1. The fourth-order valence-corrected chi connectivity index (χ4v) is 2.31. The molecule has 0 spiro atoms. The van der Waals surface area contributed by atoms with Crippen LogP contribution in [0.5, 0.6) is 0 Å². The highest BCUT2D eigenvalue weighted by Crippen LogP contribution is 2.19. The second kappa shape index (κ2) is 4.18. The van der Waals surface area contributed by atoms with Crippen LogP contribution in [0, 0.1) is 5.92 Å². The number of hydrogen-bond acceptors (Lipinski definition) is 3. The Morgan fingerprint density at radius 3 is 2.60 bits per heavy atom. The quantitative estimate of drug-likeness (QED) is 0.581. The second-order valence-corrected chi connectivity index (χ2v) is 4.33. The minimum atomic E-state index is -0.293. The third-order valence-corrected chi connectivity index (χ3v) is 3.19. The van der Waals surface area contributed by atoms with Gasteiger partial charge in [0.05, 0.1) is 6.54 Å². The van der Waals surface area contributed by atoms with E-state index < -0.39 is 0 Å². The van der Waals surface area contributed by atoms with Gasteiger partial charge in [0.2, 0.25) is 11.8 Å². The number of nitrogens with zero attached hydrogens (tertiary/aromatic N) is 1. The number of amides is 2. The molecule has 2 aliphatic rings. The zero-order chi connectivity index (χ0) is 10.8. The molecule has 0 aromatic carbocycles. The Labute approximate surface area is 89.2 Å². The molecule has 5 heteroatoms. The van der Waals surface area contributed by atoms with Gasteiger partial charge >= 0.3 is 0 Å². The Hall–Kier alpha value is -1.10. The number of rotatable bonds is 1. The molecule has 2 fully saturated rings. The molecule has 5 nitrogen and oxygen atoms in total. The first-order valence-electron chi connectivity index (χ1n) is 5.43. The second-order valence-electron chi connectivity index (χ2n) is 4.33. The molecule has 84 valence electrons. The Kier molecular flexibility index (Phi) is 2.90. The summed E-state index contributed by atoms with van der Waals surface area (Å²) >= 11 is 0. The summed E-state index contributed by atoms with van der Waals surface area (Å²) in [4.78, 5) is 24.7. The fraction of sp³-hybridized carbons (Fsp3) is 0.800. The van der Waals surface area contributed by atoms with Gasteiger partial charge in [0, 0.05) is 7.05 Å². The highest BCUT2D eigenvalue weighted by Gasteiger charge is 2.36. The lowest BCUT2D eigenvalue weighted by Crippen LogP contribution is -2.60. The number of nitrogens with one attached hydrogen (secondary N) is 2. The number of piperazine rings is 1. The molecule has 15 heavy (non-hydrogen) atoms. The van der Waals surface area contributed by atoms with Gasteiger partial charge in [-0.15, -0.1) is 0 Å². The minimum absolute atomic E-state index is 0.0411. The van der Waals surface area contributed by atoms with Gasteiger partial charge in [0.25, 0.3) is 0 Å². The van der Waals surface area contributed by atoms with E-state index in [0.717, 1.165) is 25.9 Å². The van der Waals surface area contributed by atoms with Crippen molar-refractivity contribution in [2.75, 3.05) is 26.7 Å². The lowest BCUT2D eigenvalue weighted by molar-refractivity contribution is -0.144. The smallest absolute Gasteiger partial charge is 0.245 e. The molecular weight excluding hydrogens is 194 g/mol. The van der Waals surface area contributed by atoms with Crippen molar-refractivity contribution in [2.45, 2.75) is 18.9 Å². The summed E-state index contributed by atoms with van der Waals surface area (Å²) in [5.74, 6) is 0.313. The van der Waals surface area contributed by atoms with Gasteiger partial charge in [0.1, 0.15) is 6.04 Å². The number of carbonyl (C=O) groups excluding carboxylic acids is 2. The van der Waals surface area contributed by atoms with Crippen molar-refractivity contribution < 1.29 is 9.59 Å². The van der Waals surface area contributed by atoms with Gasteiger partial charge in [-0.1, -0.05) is 0 Å². The minimum Gasteiger partial charge on any atom is -0.342 e. The van der Waals surface area contributed by atoms with Crippen LogP contribution in [0.1, 0.15) is 12.8 Å². The monoisotopic (exact) mass is 211 g/mol. The zero-order valence-corrected chi connectivity index (χ0v) is 8.95. The van der Waals surface area contributed by atoms with Crippen LogP contribution >= 0.6 is 0 Å². The molecule has 2 heterocycles. The maximum Gasteiger partial charge on any atom is 0.245 e. The first-order valence-corrected chi connectivity index (χ1v) is 5.43. The predicted molar refractivity (Wildman–Crippen MR) is 55.2 cm³/mol. The van der Waals surface area contributed by atoms with Crippen molar-refractivity contribution in [3.05, 3.63) is 0 Å². The number of hydrogen-bond donors (Lipinski definition) is 2. The summed E-state index contributed by atoms with van der Waals surface area (Å²) in [7, 11) is 1.69. The highest BCUT2D eigenvalue weighted by atomic mass is 16.2. The highest BCUT2D eigenvalue weighted by molar-refractivity contribution is 5.94. The molecule has 0 saturated carbocycles. The van der Waals surface area contributed by atoms with E-state index in [-0.39, 0.29) is 24.4 Å². The zero-order valence-electron chi connectivity index (χ0n) is 8.95. The van der Waals surface area contributed by atoms with E-state index in [2.05, 4.69) is 10.6 Å². The number of carbonyl (C=O) groups is 2. The Balaban J connectivity index is 2.05. The van der Waals surface area contributed by atoms with Gasteiger partial charge in [-0.05, 0) is 31.8 Å². The summed E-state index contributed by atoms with van der Waals surface area (Å²) in [5.41, 5.74) is 0. The molecule has 0 aliphatic carbocycles. The van der Waals surface area contributed by atoms with E-state index in [4.69, 9.17) is 0 Å². The molecule has 2 amide bonds. The van der Waals surface area contributed by atoms with Crippen LogP contribution in [0.15, 0.2) is 0 Å². The standard InChI is InChI=1S/C10H17N3O2/c1-13-6-8(14)12-9(10(13)15)7-2-4-11-5-3-7/h7,9,11H,2-6H2,1H3,(H,12,14). The fourth-order valence-electron chi connectivity index (χ4n) is 2.31. The third kappa shape index (κ3) is 2.12. The number of likely N-dealkylation sites (N-methyl/N-ethyl adjacent to an activating group) is 1. The van der Waals surface area contributed by atoms with Crippen molar-refractivity contribution in [1.29, 1.82) is 0 Å². The molecule has 2 saturated heterocycles. The lowest BCUT2D eigenvalue weighted by atomic mass is 9.88. The average molecular weight is 211 g/mol. The number of piperidine rings is 1. The largest absolute Gasteiger partial charge is 0.342 e. The maximum atomic E-state index is 11.9. The van der Waals surface area contributed by atoms with E-state index in [1.165, 1.54) is 4.90 Å². The SMILES string of the molecule is CN1CC(=O)NC(C2CCNCC2)C1=O. The van der Waals surface area contributed by atoms with Gasteiger partial charge in [-0.25, -0.2) is 0 Å². The molecule has 1 unspecified atom stereocenters.